The van der Waals surface area contributed by atoms with Crippen LogP contribution in [0.1, 0.15) is 19.3 Å². The highest BCUT2D eigenvalue weighted by Gasteiger charge is 2.23. The summed E-state index contributed by atoms with van der Waals surface area (Å²) < 4.78 is 28.0. The van der Waals surface area contributed by atoms with Crippen LogP contribution in [-0.4, -0.2) is 27.0 Å². The minimum Gasteiger partial charge on any atom is -0.479 e. The molecule has 0 aromatic heterocycles. The molecule has 0 saturated carbocycles. The third-order valence-corrected chi connectivity index (χ3v) is 4.19. The Morgan fingerprint density at radius 1 is 1.35 bits per heavy atom. The summed E-state index contributed by atoms with van der Waals surface area (Å²) in [5.41, 5.74) is 0. The maximum atomic E-state index is 11.8. The van der Waals surface area contributed by atoms with Crippen molar-refractivity contribution in [3.63, 3.8) is 0 Å². The van der Waals surface area contributed by atoms with Crippen LogP contribution in [-0.2, 0) is 14.8 Å². The van der Waals surface area contributed by atoms with E-state index < -0.39 is 16.1 Å². The van der Waals surface area contributed by atoms with Crippen LogP contribution in [0, 0.1) is 0 Å². The van der Waals surface area contributed by atoms with E-state index in [0.29, 0.717) is 13.0 Å². The molecule has 0 aliphatic carbocycles. The van der Waals surface area contributed by atoms with Gasteiger partial charge in [-0.3, -0.25) is 4.79 Å². The molecule has 1 aliphatic heterocycles. The second-order valence-corrected chi connectivity index (χ2v) is 6.50. The molecule has 1 atom stereocenters. The van der Waals surface area contributed by atoms with Crippen LogP contribution in [0.2, 0.25) is 5.02 Å². The van der Waals surface area contributed by atoms with Gasteiger partial charge in [0.2, 0.25) is 10.0 Å². The summed E-state index contributed by atoms with van der Waals surface area (Å²) in [6.45, 7) is 0.636. The van der Waals surface area contributed by atoms with E-state index >= 15 is 0 Å². The lowest BCUT2D eigenvalue weighted by Crippen LogP contribution is -2.36. The fourth-order valence-corrected chi connectivity index (χ4v) is 2.76. The molecule has 1 aromatic rings. The van der Waals surface area contributed by atoms with Gasteiger partial charge in [0.05, 0.1) is 9.92 Å². The number of halogens is 1. The monoisotopic (exact) mass is 318 g/mol. The van der Waals surface area contributed by atoms with E-state index in [0.717, 1.165) is 12.8 Å². The number of sulfonamides is 1. The van der Waals surface area contributed by atoms with Gasteiger partial charge in [0.15, 0.2) is 6.10 Å². The maximum absolute atomic E-state index is 11.8. The molecule has 20 heavy (non-hydrogen) atoms. The molecule has 8 heteroatoms. The molecule has 1 unspecified atom stereocenters. The standard InChI is InChI=1S/C12H15ClN2O4S/c13-9-7-8(20(14,17)18)4-5-10(9)19-11-3-1-2-6-15-12(11)16/h4-5,7,11H,1-3,6H2,(H,15,16)(H2,14,17,18). The van der Waals surface area contributed by atoms with E-state index in [2.05, 4.69) is 5.32 Å². The van der Waals surface area contributed by atoms with Crippen molar-refractivity contribution in [3.05, 3.63) is 23.2 Å². The third kappa shape index (κ3) is 3.62. The number of ether oxygens (including phenoxy) is 1. The van der Waals surface area contributed by atoms with Crippen LogP contribution in [0.25, 0.3) is 0 Å². The Morgan fingerprint density at radius 2 is 2.10 bits per heavy atom. The molecular formula is C12H15ClN2O4S. The van der Waals surface area contributed by atoms with E-state index in [9.17, 15) is 13.2 Å². The molecular weight excluding hydrogens is 304 g/mol. The van der Waals surface area contributed by atoms with E-state index in [1.165, 1.54) is 18.2 Å². The van der Waals surface area contributed by atoms with Gasteiger partial charge in [-0.25, -0.2) is 13.6 Å². The van der Waals surface area contributed by atoms with E-state index in [1.807, 2.05) is 0 Å². The quantitative estimate of drug-likeness (QED) is 0.869. The number of carbonyl (C=O) groups is 1. The number of hydrogen-bond acceptors (Lipinski definition) is 4. The van der Waals surface area contributed by atoms with Crippen LogP contribution >= 0.6 is 11.6 Å². The van der Waals surface area contributed by atoms with Crippen molar-refractivity contribution in [2.45, 2.75) is 30.3 Å². The molecule has 0 bridgehead atoms. The first kappa shape index (κ1) is 15.1. The van der Waals surface area contributed by atoms with Crippen LogP contribution in [0.3, 0.4) is 0 Å². The Hall–Kier alpha value is -1.31. The molecule has 1 saturated heterocycles. The predicted octanol–water partition coefficient (Wildman–Crippen LogP) is 1.03. The number of rotatable bonds is 3. The molecule has 3 N–H and O–H groups in total. The van der Waals surface area contributed by atoms with Gasteiger partial charge < -0.3 is 10.1 Å². The van der Waals surface area contributed by atoms with Crippen LogP contribution in [0.4, 0.5) is 0 Å². The highest BCUT2D eigenvalue weighted by Crippen LogP contribution is 2.28. The Bertz CT molecular complexity index is 618. The summed E-state index contributed by atoms with van der Waals surface area (Å²) in [5.74, 6) is 0.0789. The first-order chi connectivity index (χ1) is 9.38. The number of nitrogens with two attached hydrogens (primary N) is 1. The van der Waals surface area contributed by atoms with E-state index in [1.54, 1.807) is 0 Å². The fraction of sp³-hybridized carbons (Fsp3) is 0.417. The van der Waals surface area contributed by atoms with Crippen molar-refractivity contribution in [1.82, 2.24) is 5.32 Å². The Kier molecular flexibility index (Phi) is 4.52. The van der Waals surface area contributed by atoms with Crippen molar-refractivity contribution in [2.24, 2.45) is 5.14 Å². The summed E-state index contributed by atoms with van der Waals surface area (Å²) in [6, 6.07) is 3.91. The van der Waals surface area contributed by atoms with Crippen molar-refractivity contribution in [2.75, 3.05) is 6.54 Å². The third-order valence-electron chi connectivity index (χ3n) is 2.99. The summed E-state index contributed by atoms with van der Waals surface area (Å²) in [5, 5.41) is 7.86. The molecule has 1 fully saturated rings. The number of amides is 1. The minimum absolute atomic E-state index is 0.0971. The Balaban J connectivity index is 2.19. The highest BCUT2D eigenvalue weighted by atomic mass is 35.5. The van der Waals surface area contributed by atoms with Gasteiger partial charge in [-0.05, 0) is 37.5 Å². The fourth-order valence-electron chi connectivity index (χ4n) is 1.93. The normalized spacial score (nSPS) is 20.1. The lowest BCUT2D eigenvalue weighted by Gasteiger charge is -2.17. The average Bonchev–Trinajstić information content (AvgIpc) is 2.56. The molecule has 1 aromatic carbocycles. The topological polar surface area (TPSA) is 98.5 Å². The maximum Gasteiger partial charge on any atom is 0.261 e. The average molecular weight is 319 g/mol. The zero-order valence-corrected chi connectivity index (χ0v) is 12.2. The molecule has 2 rings (SSSR count). The van der Waals surface area contributed by atoms with Crippen molar-refractivity contribution < 1.29 is 17.9 Å². The smallest absolute Gasteiger partial charge is 0.261 e. The first-order valence-electron chi connectivity index (χ1n) is 6.14. The molecule has 110 valence electrons. The summed E-state index contributed by atoms with van der Waals surface area (Å²) in [4.78, 5) is 11.7. The largest absolute Gasteiger partial charge is 0.479 e. The van der Waals surface area contributed by atoms with E-state index in [4.69, 9.17) is 21.5 Å². The Morgan fingerprint density at radius 3 is 2.75 bits per heavy atom. The second-order valence-electron chi connectivity index (χ2n) is 4.53. The number of primary sulfonamides is 1. The van der Waals surface area contributed by atoms with Gasteiger partial charge in [0, 0.05) is 6.54 Å². The molecule has 1 aliphatic rings. The number of carbonyl (C=O) groups excluding carboxylic acids is 1. The van der Waals surface area contributed by atoms with Gasteiger partial charge in [-0.2, -0.15) is 0 Å². The summed E-state index contributed by atoms with van der Waals surface area (Å²) in [7, 11) is -3.81. The van der Waals surface area contributed by atoms with Gasteiger partial charge in [0.1, 0.15) is 5.75 Å². The Labute approximate surface area is 122 Å². The van der Waals surface area contributed by atoms with E-state index in [-0.39, 0.29) is 21.6 Å². The highest BCUT2D eigenvalue weighted by molar-refractivity contribution is 7.89. The van der Waals surface area contributed by atoms with Crippen molar-refractivity contribution in [1.29, 1.82) is 0 Å². The van der Waals surface area contributed by atoms with Crippen LogP contribution in [0.15, 0.2) is 23.1 Å². The van der Waals surface area contributed by atoms with Crippen LogP contribution in [0.5, 0.6) is 5.75 Å². The number of hydrogen-bond donors (Lipinski definition) is 2. The van der Waals surface area contributed by atoms with Crippen molar-refractivity contribution in [3.8, 4) is 5.75 Å². The van der Waals surface area contributed by atoms with Gasteiger partial charge in [-0.1, -0.05) is 11.6 Å². The van der Waals surface area contributed by atoms with Gasteiger partial charge in [-0.15, -0.1) is 0 Å². The SMILES string of the molecule is NS(=O)(=O)c1ccc(OC2CCCCNC2=O)c(Cl)c1. The van der Waals surface area contributed by atoms with Gasteiger partial charge in [0.25, 0.3) is 5.91 Å². The molecule has 6 nitrogen and oxygen atoms in total. The molecule has 1 heterocycles. The second kappa shape index (κ2) is 5.99. The molecule has 0 radical (unpaired) electrons. The lowest BCUT2D eigenvalue weighted by molar-refractivity contribution is -0.127. The summed E-state index contributed by atoms with van der Waals surface area (Å²) >= 11 is 5.97. The minimum atomic E-state index is -3.81. The number of nitrogens with one attached hydrogen (secondary N) is 1. The van der Waals surface area contributed by atoms with Gasteiger partial charge >= 0.3 is 0 Å². The zero-order chi connectivity index (χ0) is 14.8. The predicted molar refractivity (Wildman–Crippen MR) is 74.1 cm³/mol. The summed E-state index contributed by atoms with van der Waals surface area (Å²) in [6.07, 6.45) is 1.76. The molecule has 1 amide bonds. The first-order valence-corrected chi connectivity index (χ1v) is 8.07. The number of benzene rings is 1. The lowest BCUT2D eigenvalue weighted by atomic mass is 10.2. The van der Waals surface area contributed by atoms with Crippen molar-refractivity contribution >= 4 is 27.5 Å². The zero-order valence-electron chi connectivity index (χ0n) is 10.6. The molecule has 0 spiro atoms. The van der Waals surface area contributed by atoms with Crippen LogP contribution < -0.4 is 15.2 Å².